The average molecular weight is 272 g/mol. The van der Waals surface area contributed by atoms with Gasteiger partial charge in [-0.1, -0.05) is 0 Å². The van der Waals surface area contributed by atoms with Crippen molar-refractivity contribution in [3.8, 4) is 0 Å². The zero-order valence-electron chi connectivity index (χ0n) is 8.46. The second-order valence-corrected chi connectivity index (χ2v) is 4.09. The first-order valence-electron chi connectivity index (χ1n) is 2.46. The molecule has 0 saturated heterocycles. The van der Waals surface area contributed by atoms with E-state index in [1.165, 1.54) is 6.92 Å². The molecule has 0 amide bonds. The Labute approximate surface area is 148 Å². The van der Waals surface area contributed by atoms with Gasteiger partial charge < -0.3 is 23.8 Å². The molecule has 68 valence electrons. The molecule has 0 rings (SSSR count). The Morgan fingerprint density at radius 1 is 1.07 bits per heavy atom. The van der Waals surface area contributed by atoms with Crippen molar-refractivity contribution in [3.05, 3.63) is 0 Å². The van der Waals surface area contributed by atoms with Gasteiger partial charge in [0.25, 0.3) is 7.82 Å². The topological polar surface area (TPSA) is 122 Å². The summed E-state index contributed by atoms with van der Waals surface area (Å²) in [6.07, 6.45) is 0. The molecule has 1 atom stereocenters. The molecule has 12 heteroatoms. The molecule has 7 nitrogen and oxygen atoms in total. The van der Waals surface area contributed by atoms with Crippen LogP contribution in [0.2, 0.25) is 0 Å². The molecule has 0 aliphatic rings. The minimum Gasteiger partial charge on any atom is -0.790 e. The van der Waals surface area contributed by atoms with Gasteiger partial charge in [-0.3, -0.25) is 8.88 Å². The van der Waals surface area contributed by atoms with Crippen molar-refractivity contribution in [1.29, 1.82) is 0 Å². The van der Waals surface area contributed by atoms with Crippen molar-refractivity contribution < 1.29 is 121 Å². The predicted octanol–water partition coefficient (Wildman–Crippen LogP) is -10.7. The summed E-state index contributed by atoms with van der Waals surface area (Å²) >= 11 is 0. The first kappa shape index (κ1) is 26.0. The van der Waals surface area contributed by atoms with Crippen LogP contribution in [-0.2, 0) is 18.0 Å². The van der Waals surface area contributed by atoms with E-state index < -0.39 is 15.6 Å². The van der Waals surface area contributed by atoms with E-state index in [9.17, 15) is 23.8 Å². The van der Waals surface area contributed by atoms with E-state index in [1.807, 2.05) is 0 Å². The SMILES string of the molecule is CCOP(=O)([O-])OP(=O)([O-])[O-].[Na+].[Na+].[Na+]. The zero-order chi connectivity index (χ0) is 9.12. The molecule has 0 fully saturated rings. The van der Waals surface area contributed by atoms with Crippen LogP contribution >= 0.6 is 15.6 Å². The van der Waals surface area contributed by atoms with Gasteiger partial charge in [0.2, 0.25) is 0 Å². The summed E-state index contributed by atoms with van der Waals surface area (Å²) < 4.78 is 26.9. The molecule has 0 aromatic rings. The molecule has 1 unspecified atom stereocenters. The Hall–Kier alpha value is 3.26. The fourth-order valence-electron chi connectivity index (χ4n) is 0.304. The number of phosphoric acid groups is 2. The minimum absolute atomic E-state index is 0. The summed E-state index contributed by atoms with van der Waals surface area (Å²) in [6, 6.07) is 0. The number of phosphoric ester groups is 1. The molecule has 0 saturated carbocycles. The van der Waals surface area contributed by atoms with Gasteiger partial charge in [0, 0.05) is 0 Å². The summed E-state index contributed by atoms with van der Waals surface area (Å²) in [4.78, 5) is 29.7. The maximum Gasteiger partial charge on any atom is 1.00 e. The van der Waals surface area contributed by atoms with E-state index in [0.717, 1.165) is 0 Å². The number of hydrogen-bond donors (Lipinski definition) is 0. The van der Waals surface area contributed by atoms with Crippen molar-refractivity contribution in [2.75, 3.05) is 6.61 Å². The summed E-state index contributed by atoms with van der Waals surface area (Å²) in [7, 11) is -10.5. The molecular formula is C2H5Na3O7P2. The fraction of sp³-hybridized carbons (Fsp3) is 1.00. The van der Waals surface area contributed by atoms with Gasteiger partial charge in [-0.15, -0.1) is 0 Å². The van der Waals surface area contributed by atoms with Crippen molar-refractivity contribution in [2.24, 2.45) is 0 Å². The fourth-order valence-corrected chi connectivity index (χ4v) is 1.79. The molecule has 0 aromatic carbocycles. The Kier molecular flexibility index (Phi) is 21.1. The molecule has 0 aromatic heterocycles. The van der Waals surface area contributed by atoms with Crippen molar-refractivity contribution in [3.63, 3.8) is 0 Å². The first-order chi connectivity index (χ1) is 4.77. The van der Waals surface area contributed by atoms with E-state index >= 15 is 0 Å². The summed E-state index contributed by atoms with van der Waals surface area (Å²) in [5.41, 5.74) is 0. The number of rotatable bonds is 4. The molecule has 0 spiro atoms. The monoisotopic (exact) mass is 272 g/mol. The van der Waals surface area contributed by atoms with Gasteiger partial charge in [-0.05, 0) is 6.92 Å². The third kappa shape index (κ3) is 17.6. The molecule has 0 bridgehead atoms. The Balaban J connectivity index is -0.000000167. The third-order valence-corrected chi connectivity index (χ3v) is 2.66. The van der Waals surface area contributed by atoms with Gasteiger partial charge in [0.05, 0.1) is 14.4 Å². The van der Waals surface area contributed by atoms with Crippen LogP contribution < -0.4 is 103 Å². The Bertz CT molecular complexity index is 215. The van der Waals surface area contributed by atoms with Gasteiger partial charge >= 0.3 is 88.7 Å². The maximum absolute atomic E-state index is 10.3. The molecule has 0 aliphatic heterocycles. The Morgan fingerprint density at radius 3 is 1.64 bits per heavy atom. The van der Waals surface area contributed by atoms with Crippen LogP contribution in [0.1, 0.15) is 6.92 Å². The molecule has 0 N–H and O–H groups in total. The summed E-state index contributed by atoms with van der Waals surface area (Å²) in [5, 5.41) is 0. The third-order valence-electron chi connectivity index (χ3n) is 0.487. The van der Waals surface area contributed by atoms with Gasteiger partial charge in [0.1, 0.15) is 0 Å². The first-order valence-corrected chi connectivity index (χ1v) is 5.38. The molecule has 14 heavy (non-hydrogen) atoms. The van der Waals surface area contributed by atoms with Crippen LogP contribution in [0.5, 0.6) is 0 Å². The van der Waals surface area contributed by atoms with E-state index in [0.29, 0.717) is 0 Å². The van der Waals surface area contributed by atoms with Crippen molar-refractivity contribution in [1.82, 2.24) is 0 Å². The molecule has 0 heterocycles. The summed E-state index contributed by atoms with van der Waals surface area (Å²) in [6.45, 7) is 1.01. The normalized spacial score (nSPS) is 14.0. The average Bonchev–Trinajstić information content (AvgIpc) is 1.55. The van der Waals surface area contributed by atoms with Crippen molar-refractivity contribution in [2.45, 2.75) is 6.92 Å². The van der Waals surface area contributed by atoms with Crippen LogP contribution in [0.3, 0.4) is 0 Å². The van der Waals surface area contributed by atoms with E-state index in [2.05, 4.69) is 8.83 Å². The second-order valence-electron chi connectivity index (χ2n) is 1.39. The van der Waals surface area contributed by atoms with Crippen LogP contribution in [0.4, 0.5) is 0 Å². The molecule has 0 aliphatic carbocycles. The predicted molar refractivity (Wildman–Crippen MR) is 27.9 cm³/mol. The van der Waals surface area contributed by atoms with E-state index in [1.54, 1.807) is 0 Å². The smallest absolute Gasteiger partial charge is 0.790 e. The van der Waals surface area contributed by atoms with Gasteiger partial charge in [-0.25, -0.2) is 0 Å². The largest absolute Gasteiger partial charge is 1.00 e. The maximum atomic E-state index is 10.3. The molecule has 0 radical (unpaired) electrons. The quantitative estimate of drug-likeness (QED) is 0.368. The van der Waals surface area contributed by atoms with Crippen LogP contribution in [0, 0.1) is 0 Å². The van der Waals surface area contributed by atoms with Gasteiger partial charge in [-0.2, -0.15) is 0 Å². The zero-order valence-corrected chi connectivity index (χ0v) is 16.2. The van der Waals surface area contributed by atoms with E-state index in [-0.39, 0.29) is 95.3 Å². The Morgan fingerprint density at radius 2 is 1.43 bits per heavy atom. The second kappa shape index (κ2) is 11.4. The van der Waals surface area contributed by atoms with Crippen LogP contribution in [-0.4, -0.2) is 6.61 Å². The number of hydrogen-bond acceptors (Lipinski definition) is 7. The van der Waals surface area contributed by atoms with Crippen LogP contribution in [0.25, 0.3) is 0 Å². The van der Waals surface area contributed by atoms with E-state index in [4.69, 9.17) is 0 Å². The molecular weight excluding hydrogens is 267 g/mol. The van der Waals surface area contributed by atoms with Gasteiger partial charge in [0.15, 0.2) is 0 Å². The summed E-state index contributed by atoms with van der Waals surface area (Å²) in [5.74, 6) is 0. The minimum atomic E-state index is -5.52. The standard InChI is InChI=1S/C2H8O7P2.3Na/c1-2-8-11(6,7)9-10(3,4)5;;;/h2H2,1H3,(H,6,7)(H2,3,4,5);;;/q;3*+1/p-3. The van der Waals surface area contributed by atoms with Crippen LogP contribution in [0.15, 0.2) is 0 Å². The van der Waals surface area contributed by atoms with Crippen molar-refractivity contribution >= 4 is 15.6 Å².